The molecule has 1 fully saturated rings. The molecule has 0 bridgehead atoms. The normalized spacial score (nSPS) is 14.2. The SMILES string of the molecule is Cc1ccc(C(=O)NCCCN2CCOCC2)cc1Oc1nc(Cc2ccc(F)cc2)ns1. The van der Waals surface area contributed by atoms with Crippen molar-refractivity contribution in [1.29, 1.82) is 0 Å². The van der Waals surface area contributed by atoms with Crippen molar-refractivity contribution in [2.45, 2.75) is 19.8 Å². The van der Waals surface area contributed by atoms with Crippen molar-refractivity contribution in [3.05, 3.63) is 70.8 Å². The average molecular weight is 471 g/mol. The van der Waals surface area contributed by atoms with Crippen LogP contribution in [0.25, 0.3) is 0 Å². The molecule has 1 aliphatic rings. The maximum Gasteiger partial charge on any atom is 0.298 e. The maximum absolute atomic E-state index is 13.1. The molecule has 7 nitrogen and oxygen atoms in total. The van der Waals surface area contributed by atoms with Gasteiger partial charge in [0.2, 0.25) is 0 Å². The number of amides is 1. The number of nitrogens with zero attached hydrogens (tertiary/aromatic N) is 3. The molecule has 0 spiro atoms. The second-order valence-electron chi connectivity index (χ2n) is 7.93. The molecule has 1 saturated heterocycles. The van der Waals surface area contributed by atoms with Crippen molar-refractivity contribution in [1.82, 2.24) is 19.6 Å². The Kier molecular flexibility index (Phi) is 7.98. The number of hydrogen-bond acceptors (Lipinski definition) is 7. The van der Waals surface area contributed by atoms with E-state index in [0.29, 0.717) is 35.3 Å². The summed E-state index contributed by atoms with van der Waals surface area (Å²) in [7, 11) is 0. The summed E-state index contributed by atoms with van der Waals surface area (Å²) in [6.45, 7) is 6.93. The molecule has 1 N–H and O–H groups in total. The molecule has 9 heteroatoms. The third-order valence-electron chi connectivity index (χ3n) is 5.41. The molecule has 1 aromatic heterocycles. The van der Waals surface area contributed by atoms with Crippen LogP contribution in [0.15, 0.2) is 42.5 Å². The number of ether oxygens (including phenoxy) is 2. The number of carbonyl (C=O) groups excluding carboxylic acids is 1. The van der Waals surface area contributed by atoms with Gasteiger partial charge in [-0.15, -0.1) is 0 Å². The van der Waals surface area contributed by atoms with E-state index in [9.17, 15) is 9.18 Å². The van der Waals surface area contributed by atoms with E-state index >= 15 is 0 Å². The Morgan fingerprint density at radius 1 is 1.21 bits per heavy atom. The Bertz CT molecular complexity index is 1070. The van der Waals surface area contributed by atoms with Gasteiger partial charge in [-0.2, -0.15) is 9.36 Å². The second-order valence-corrected chi connectivity index (χ2v) is 8.64. The molecule has 0 aliphatic carbocycles. The van der Waals surface area contributed by atoms with Crippen LogP contribution in [0, 0.1) is 12.7 Å². The Hall–Kier alpha value is -2.88. The maximum atomic E-state index is 13.1. The van der Waals surface area contributed by atoms with Crippen molar-refractivity contribution in [2.24, 2.45) is 0 Å². The Balaban J connectivity index is 1.31. The van der Waals surface area contributed by atoms with Crippen molar-refractivity contribution in [3.63, 3.8) is 0 Å². The number of aryl methyl sites for hydroxylation is 1. The highest BCUT2D eigenvalue weighted by Gasteiger charge is 2.13. The van der Waals surface area contributed by atoms with Crippen LogP contribution in [0.5, 0.6) is 10.9 Å². The zero-order valence-corrected chi connectivity index (χ0v) is 19.4. The number of carbonyl (C=O) groups is 1. The number of aromatic nitrogens is 2. The second kappa shape index (κ2) is 11.3. The van der Waals surface area contributed by atoms with E-state index in [1.807, 2.05) is 13.0 Å². The molecule has 2 aromatic carbocycles. The molecule has 0 atom stereocenters. The van der Waals surface area contributed by atoms with Crippen LogP contribution < -0.4 is 10.1 Å². The Morgan fingerprint density at radius 3 is 2.79 bits per heavy atom. The van der Waals surface area contributed by atoms with E-state index < -0.39 is 0 Å². The Morgan fingerprint density at radius 2 is 2.00 bits per heavy atom. The molecule has 4 rings (SSSR count). The van der Waals surface area contributed by atoms with Gasteiger partial charge in [-0.3, -0.25) is 9.69 Å². The molecular formula is C24H27FN4O3S. The zero-order valence-electron chi connectivity index (χ0n) is 18.6. The summed E-state index contributed by atoms with van der Waals surface area (Å²) in [4.78, 5) is 19.4. The van der Waals surface area contributed by atoms with Gasteiger partial charge in [0, 0.05) is 43.2 Å². The molecule has 3 aromatic rings. The first kappa shape index (κ1) is 23.3. The third kappa shape index (κ3) is 6.80. The van der Waals surface area contributed by atoms with Gasteiger partial charge in [0.25, 0.3) is 11.1 Å². The van der Waals surface area contributed by atoms with E-state index in [0.717, 1.165) is 61.9 Å². The van der Waals surface area contributed by atoms with Gasteiger partial charge in [-0.25, -0.2) is 4.39 Å². The lowest BCUT2D eigenvalue weighted by atomic mass is 10.1. The van der Waals surface area contributed by atoms with E-state index in [2.05, 4.69) is 19.6 Å². The van der Waals surface area contributed by atoms with Crippen molar-refractivity contribution in [3.8, 4) is 10.9 Å². The largest absolute Gasteiger partial charge is 0.430 e. The molecule has 2 heterocycles. The first-order valence-electron chi connectivity index (χ1n) is 11.0. The fourth-order valence-corrected chi connectivity index (χ4v) is 4.07. The van der Waals surface area contributed by atoms with Crippen LogP contribution in [0.4, 0.5) is 4.39 Å². The van der Waals surface area contributed by atoms with Gasteiger partial charge >= 0.3 is 0 Å². The van der Waals surface area contributed by atoms with Crippen molar-refractivity contribution >= 4 is 17.4 Å². The lowest BCUT2D eigenvalue weighted by Crippen LogP contribution is -2.38. The highest BCUT2D eigenvalue weighted by molar-refractivity contribution is 7.07. The van der Waals surface area contributed by atoms with Crippen LogP contribution >= 0.6 is 11.5 Å². The number of halogens is 1. The molecule has 0 unspecified atom stereocenters. The fourth-order valence-electron chi connectivity index (χ4n) is 3.51. The lowest BCUT2D eigenvalue weighted by molar-refractivity contribution is 0.0374. The quantitative estimate of drug-likeness (QED) is 0.479. The van der Waals surface area contributed by atoms with Crippen LogP contribution in [-0.2, 0) is 11.2 Å². The van der Waals surface area contributed by atoms with E-state index in [-0.39, 0.29) is 11.7 Å². The fraction of sp³-hybridized carbons (Fsp3) is 0.375. The van der Waals surface area contributed by atoms with Gasteiger partial charge in [0.1, 0.15) is 11.6 Å². The summed E-state index contributed by atoms with van der Waals surface area (Å²) in [5.74, 6) is 0.774. The third-order valence-corrected chi connectivity index (χ3v) is 6.05. The molecule has 0 radical (unpaired) electrons. The molecule has 0 saturated carbocycles. The van der Waals surface area contributed by atoms with Crippen molar-refractivity contribution < 1.29 is 18.7 Å². The molecular weight excluding hydrogens is 443 g/mol. The van der Waals surface area contributed by atoms with Gasteiger partial charge in [0.15, 0.2) is 5.82 Å². The van der Waals surface area contributed by atoms with Crippen LogP contribution in [0.3, 0.4) is 0 Å². The summed E-state index contributed by atoms with van der Waals surface area (Å²) in [6, 6.07) is 11.6. The monoisotopic (exact) mass is 470 g/mol. The van der Waals surface area contributed by atoms with Gasteiger partial charge in [-0.05, 0) is 55.3 Å². The van der Waals surface area contributed by atoms with Crippen LogP contribution in [0.2, 0.25) is 0 Å². The smallest absolute Gasteiger partial charge is 0.298 e. The lowest BCUT2D eigenvalue weighted by Gasteiger charge is -2.26. The van der Waals surface area contributed by atoms with Gasteiger partial charge in [-0.1, -0.05) is 18.2 Å². The summed E-state index contributed by atoms with van der Waals surface area (Å²) in [6.07, 6.45) is 1.38. The summed E-state index contributed by atoms with van der Waals surface area (Å²) >= 11 is 1.15. The average Bonchev–Trinajstić information content (AvgIpc) is 3.27. The van der Waals surface area contributed by atoms with E-state index in [1.54, 1.807) is 24.3 Å². The highest BCUT2D eigenvalue weighted by Crippen LogP contribution is 2.28. The molecule has 33 heavy (non-hydrogen) atoms. The minimum Gasteiger partial charge on any atom is -0.430 e. The van der Waals surface area contributed by atoms with E-state index in [1.165, 1.54) is 12.1 Å². The zero-order chi connectivity index (χ0) is 23.0. The first-order chi connectivity index (χ1) is 16.1. The predicted molar refractivity (Wildman–Crippen MR) is 125 cm³/mol. The molecule has 174 valence electrons. The van der Waals surface area contributed by atoms with E-state index in [4.69, 9.17) is 9.47 Å². The topological polar surface area (TPSA) is 76.6 Å². The molecule has 1 amide bonds. The summed E-state index contributed by atoms with van der Waals surface area (Å²) in [5.41, 5.74) is 2.36. The highest BCUT2D eigenvalue weighted by atomic mass is 32.1. The number of nitrogens with one attached hydrogen (secondary N) is 1. The van der Waals surface area contributed by atoms with Crippen molar-refractivity contribution in [2.75, 3.05) is 39.4 Å². The summed E-state index contributed by atoms with van der Waals surface area (Å²) in [5, 5.41) is 3.38. The number of hydrogen-bond donors (Lipinski definition) is 1. The minimum atomic E-state index is -0.273. The predicted octanol–water partition coefficient (Wildman–Crippen LogP) is 3.82. The number of benzene rings is 2. The molecule has 1 aliphatic heterocycles. The standard InChI is InChI=1S/C24H27FN4O3S/c1-17-3-6-19(23(30)26-9-2-10-29-11-13-31-14-12-29)16-21(17)32-24-27-22(28-33-24)15-18-4-7-20(25)8-5-18/h3-8,16H,2,9-15H2,1H3,(H,26,30). The van der Waals surface area contributed by atoms with Gasteiger partial charge < -0.3 is 14.8 Å². The Labute approximate surface area is 196 Å². The summed E-state index contributed by atoms with van der Waals surface area (Å²) < 4.78 is 28.7. The number of rotatable bonds is 9. The van der Waals surface area contributed by atoms with Gasteiger partial charge in [0.05, 0.1) is 13.2 Å². The van der Waals surface area contributed by atoms with Crippen LogP contribution in [-0.4, -0.2) is 59.6 Å². The first-order valence-corrected chi connectivity index (χ1v) is 11.8. The van der Waals surface area contributed by atoms with Crippen LogP contribution in [0.1, 0.15) is 33.7 Å². The number of morpholine rings is 1. The minimum absolute atomic E-state index is 0.129.